The summed E-state index contributed by atoms with van der Waals surface area (Å²) in [5.74, 6) is -2.41. The molecule has 1 N–H and O–H groups in total. The van der Waals surface area contributed by atoms with E-state index in [0.717, 1.165) is 12.3 Å². The van der Waals surface area contributed by atoms with E-state index in [4.69, 9.17) is 0 Å². The summed E-state index contributed by atoms with van der Waals surface area (Å²) in [4.78, 5) is 7.74. The minimum Gasteiger partial charge on any atom is -0.382 e. The molecule has 0 aliphatic rings. The van der Waals surface area contributed by atoms with Crippen LogP contribution in [0.3, 0.4) is 0 Å². The first kappa shape index (κ1) is 20.0. The molecule has 0 bridgehead atoms. The molecule has 0 aliphatic heterocycles. The largest absolute Gasteiger partial charge is 0.382 e. The molecule has 3 rings (SSSR count). The molecule has 2 atom stereocenters. The van der Waals surface area contributed by atoms with Crippen molar-refractivity contribution in [1.82, 2.24) is 19.7 Å². The van der Waals surface area contributed by atoms with Crippen LogP contribution in [-0.2, 0) is 22.0 Å². The molecular formula is C18H18F2N4O3S. The van der Waals surface area contributed by atoms with Crippen molar-refractivity contribution in [3.8, 4) is 0 Å². The summed E-state index contributed by atoms with van der Waals surface area (Å²) in [6.45, 7) is 1.47. The summed E-state index contributed by atoms with van der Waals surface area (Å²) in [5.41, 5.74) is -1.48. The highest BCUT2D eigenvalue weighted by atomic mass is 32.2. The Balaban J connectivity index is 2.07. The minimum atomic E-state index is -3.48. The first-order chi connectivity index (χ1) is 13.1. The van der Waals surface area contributed by atoms with E-state index in [1.54, 1.807) is 6.92 Å². The van der Waals surface area contributed by atoms with Gasteiger partial charge in [-0.2, -0.15) is 5.10 Å². The lowest BCUT2D eigenvalue weighted by Crippen LogP contribution is -2.38. The summed E-state index contributed by atoms with van der Waals surface area (Å²) in [7, 11) is -3.48. The number of sulfone groups is 1. The predicted octanol–water partition coefficient (Wildman–Crippen LogP) is 2.05. The van der Waals surface area contributed by atoms with Gasteiger partial charge in [0.1, 0.15) is 29.9 Å². The van der Waals surface area contributed by atoms with Gasteiger partial charge in [-0.05, 0) is 17.7 Å². The SMILES string of the molecule is C[C@H](c1ccc(S(C)(=O)=O)nc1)[C@@](O)(Cn1cncn1)c1ccc(F)cc1F. The molecule has 0 amide bonds. The number of hydrogen-bond acceptors (Lipinski definition) is 6. The molecule has 10 heteroatoms. The zero-order chi connectivity index (χ0) is 20.5. The van der Waals surface area contributed by atoms with Gasteiger partial charge in [0.25, 0.3) is 0 Å². The Hall–Kier alpha value is -2.72. The van der Waals surface area contributed by atoms with Crippen LogP contribution in [0.25, 0.3) is 0 Å². The average molecular weight is 408 g/mol. The van der Waals surface area contributed by atoms with Gasteiger partial charge in [-0.25, -0.2) is 31.8 Å². The van der Waals surface area contributed by atoms with E-state index in [9.17, 15) is 22.3 Å². The fourth-order valence-electron chi connectivity index (χ4n) is 3.00. The summed E-state index contributed by atoms with van der Waals surface area (Å²) < 4.78 is 52.4. The van der Waals surface area contributed by atoms with Crippen LogP contribution in [-0.4, -0.2) is 39.5 Å². The third kappa shape index (κ3) is 3.92. The molecule has 2 aromatic heterocycles. The van der Waals surface area contributed by atoms with Gasteiger partial charge in [-0.15, -0.1) is 0 Å². The number of nitrogens with zero attached hydrogens (tertiary/aromatic N) is 4. The van der Waals surface area contributed by atoms with Gasteiger partial charge in [0, 0.05) is 30.0 Å². The summed E-state index contributed by atoms with van der Waals surface area (Å²) in [6.07, 6.45) is 4.99. The molecule has 1 aromatic carbocycles. The maximum atomic E-state index is 14.5. The van der Waals surface area contributed by atoms with Crippen molar-refractivity contribution < 1.29 is 22.3 Å². The normalized spacial score (nSPS) is 15.2. The van der Waals surface area contributed by atoms with Gasteiger partial charge in [0.05, 0.1) is 6.54 Å². The second-order valence-corrected chi connectivity index (χ2v) is 8.53. The summed E-state index contributed by atoms with van der Waals surface area (Å²) in [5, 5.41) is 15.3. The van der Waals surface area contributed by atoms with Gasteiger partial charge < -0.3 is 5.11 Å². The van der Waals surface area contributed by atoms with E-state index in [2.05, 4.69) is 15.1 Å². The molecule has 2 heterocycles. The first-order valence-corrected chi connectivity index (χ1v) is 10.2. The van der Waals surface area contributed by atoms with Crippen molar-refractivity contribution >= 4 is 9.84 Å². The smallest absolute Gasteiger partial charge is 0.192 e. The zero-order valence-corrected chi connectivity index (χ0v) is 15.9. The van der Waals surface area contributed by atoms with Crippen LogP contribution in [0.2, 0.25) is 0 Å². The van der Waals surface area contributed by atoms with Crippen molar-refractivity contribution in [3.63, 3.8) is 0 Å². The van der Waals surface area contributed by atoms with E-state index >= 15 is 0 Å². The molecule has 0 radical (unpaired) electrons. The van der Waals surface area contributed by atoms with Crippen LogP contribution >= 0.6 is 0 Å². The molecule has 0 unspecified atom stereocenters. The highest BCUT2D eigenvalue weighted by Gasteiger charge is 2.40. The number of rotatable bonds is 6. The number of halogens is 2. The van der Waals surface area contributed by atoms with Crippen LogP contribution < -0.4 is 0 Å². The van der Waals surface area contributed by atoms with Crippen molar-refractivity contribution in [2.75, 3.05) is 6.26 Å². The van der Waals surface area contributed by atoms with Crippen molar-refractivity contribution in [1.29, 1.82) is 0 Å². The number of aromatic nitrogens is 4. The molecule has 0 fully saturated rings. The van der Waals surface area contributed by atoms with E-state index in [1.807, 2.05) is 0 Å². The predicted molar refractivity (Wildman–Crippen MR) is 96.0 cm³/mol. The maximum Gasteiger partial charge on any atom is 0.192 e. The van der Waals surface area contributed by atoms with E-state index in [-0.39, 0.29) is 17.1 Å². The van der Waals surface area contributed by atoms with Gasteiger partial charge in [0.15, 0.2) is 14.9 Å². The number of pyridine rings is 1. The first-order valence-electron chi connectivity index (χ1n) is 8.27. The van der Waals surface area contributed by atoms with E-state index in [0.29, 0.717) is 11.6 Å². The van der Waals surface area contributed by atoms with Crippen LogP contribution in [0.15, 0.2) is 54.2 Å². The second-order valence-electron chi connectivity index (χ2n) is 6.57. The maximum absolute atomic E-state index is 14.5. The van der Waals surface area contributed by atoms with Crippen molar-refractivity contribution in [3.05, 3.63) is 71.9 Å². The molecule has 148 valence electrons. The Labute approximate surface area is 160 Å². The lowest BCUT2D eigenvalue weighted by Gasteiger charge is -2.35. The number of benzene rings is 1. The van der Waals surface area contributed by atoms with Crippen LogP contribution in [0.5, 0.6) is 0 Å². The quantitative estimate of drug-likeness (QED) is 0.670. The molecule has 0 aliphatic carbocycles. The van der Waals surface area contributed by atoms with E-state index in [1.165, 1.54) is 41.7 Å². The molecule has 3 aromatic rings. The van der Waals surface area contributed by atoms with Crippen LogP contribution in [0, 0.1) is 11.6 Å². The van der Waals surface area contributed by atoms with Crippen LogP contribution in [0.4, 0.5) is 8.78 Å². The van der Waals surface area contributed by atoms with Gasteiger partial charge in [-0.3, -0.25) is 0 Å². The average Bonchev–Trinajstić information content (AvgIpc) is 3.13. The van der Waals surface area contributed by atoms with E-state index < -0.39 is 33.0 Å². The Morgan fingerprint density at radius 1 is 1.25 bits per heavy atom. The number of aliphatic hydroxyl groups is 1. The van der Waals surface area contributed by atoms with Crippen molar-refractivity contribution in [2.24, 2.45) is 0 Å². The topological polar surface area (TPSA) is 98.0 Å². The lowest BCUT2D eigenvalue weighted by atomic mass is 9.78. The molecule has 0 saturated carbocycles. The fraction of sp³-hybridized carbons (Fsp3) is 0.278. The lowest BCUT2D eigenvalue weighted by molar-refractivity contribution is -0.0113. The number of hydrogen-bond donors (Lipinski definition) is 1. The Morgan fingerprint density at radius 2 is 2.00 bits per heavy atom. The molecule has 0 spiro atoms. The molecule has 7 nitrogen and oxygen atoms in total. The minimum absolute atomic E-state index is 0.115. The summed E-state index contributed by atoms with van der Waals surface area (Å²) in [6, 6.07) is 5.75. The van der Waals surface area contributed by atoms with Crippen LogP contribution in [0.1, 0.15) is 24.0 Å². The molecule has 28 heavy (non-hydrogen) atoms. The Bertz CT molecular complexity index is 1070. The monoisotopic (exact) mass is 408 g/mol. The fourth-order valence-corrected chi connectivity index (χ4v) is 3.56. The van der Waals surface area contributed by atoms with Gasteiger partial charge in [-0.1, -0.05) is 19.1 Å². The third-order valence-electron chi connectivity index (χ3n) is 4.62. The molecular weight excluding hydrogens is 390 g/mol. The standard InChI is InChI=1S/C18H18F2N4O3S/c1-12(13-3-6-17(22-8-13)28(2,26)27)18(25,9-24-11-21-10-23-24)15-5-4-14(19)7-16(15)20/h3-8,10-12,25H,9H2,1-2H3/t12-,18+/m1/s1. The Morgan fingerprint density at radius 3 is 2.54 bits per heavy atom. The zero-order valence-electron chi connectivity index (χ0n) is 15.1. The van der Waals surface area contributed by atoms with Gasteiger partial charge in [0.2, 0.25) is 0 Å². The summed E-state index contributed by atoms with van der Waals surface area (Å²) >= 11 is 0. The highest BCUT2D eigenvalue weighted by molar-refractivity contribution is 7.90. The Kier molecular flexibility index (Phi) is 5.26. The molecule has 0 saturated heterocycles. The second kappa shape index (κ2) is 7.36. The highest BCUT2D eigenvalue weighted by Crippen LogP contribution is 2.39. The third-order valence-corrected chi connectivity index (χ3v) is 5.62. The van der Waals surface area contributed by atoms with Gasteiger partial charge >= 0.3 is 0 Å². The van der Waals surface area contributed by atoms with Crippen molar-refractivity contribution in [2.45, 2.75) is 30.0 Å².